The van der Waals surface area contributed by atoms with Crippen molar-refractivity contribution in [1.29, 1.82) is 0 Å². The van der Waals surface area contributed by atoms with Gasteiger partial charge in [0, 0.05) is 11.1 Å². The van der Waals surface area contributed by atoms with Crippen LogP contribution in [0.5, 0.6) is 11.5 Å². The highest BCUT2D eigenvalue weighted by Gasteiger charge is 2.20. The summed E-state index contributed by atoms with van der Waals surface area (Å²) in [5.41, 5.74) is 5.42. The highest BCUT2D eigenvalue weighted by atomic mass is 35.5. The summed E-state index contributed by atoms with van der Waals surface area (Å²) in [4.78, 5) is 0. The van der Waals surface area contributed by atoms with Crippen LogP contribution in [0.3, 0.4) is 0 Å². The normalized spacial score (nSPS) is 11.8. The van der Waals surface area contributed by atoms with Crippen LogP contribution >= 0.6 is 11.6 Å². The van der Waals surface area contributed by atoms with Crippen molar-refractivity contribution < 1.29 is 14.6 Å². The van der Waals surface area contributed by atoms with Gasteiger partial charge in [0.1, 0.15) is 10.8 Å². The lowest BCUT2D eigenvalue weighted by atomic mass is 9.95. The van der Waals surface area contributed by atoms with Gasteiger partial charge in [-0.3, -0.25) is 0 Å². The second-order valence-corrected chi connectivity index (χ2v) is 4.57. The molecule has 0 bridgehead atoms. The maximum atomic E-state index is 13.1. The first-order chi connectivity index (χ1) is 6.72. The summed E-state index contributed by atoms with van der Waals surface area (Å²) in [5.74, 6) is -1.93. The van der Waals surface area contributed by atoms with Crippen molar-refractivity contribution in [2.75, 3.05) is 0 Å². The molecule has 0 amide bonds. The van der Waals surface area contributed by atoms with E-state index in [1.807, 2.05) is 0 Å². The van der Waals surface area contributed by atoms with Crippen LogP contribution in [-0.4, -0.2) is 15.8 Å². The van der Waals surface area contributed by atoms with Crippen LogP contribution in [0.4, 0.5) is 4.39 Å². The zero-order valence-corrected chi connectivity index (χ0v) is 9.27. The SMILES string of the molecule is CC(C)(N)Cc1cc(F)c(O)c(Cl)c1O. The van der Waals surface area contributed by atoms with Gasteiger partial charge in [-0.1, -0.05) is 11.6 Å². The molecule has 1 aromatic rings. The first-order valence-electron chi connectivity index (χ1n) is 4.40. The molecule has 0 aliphatic heterocycles. The number of phenols is 2. The summed E-state index contributed by atoms with van der Waals surface area (Å²) in [6.07, 6.45) is 0.260. The van der Waals surface area contributed by atoms with E-state index in [4.69, 9.17) is 22.4 Å². The van der Waals surface area contributed by atoms with E-state index in [-0.39, 0.29) is 22.8 Å². The molecule has 0 fully saturated rings. The minimum atomic E-state index is -0.864. The van der Waals surface area contributed by atoms with E-state index in [9.17, 15) is 9.50 Å². The van der Waals surface area contributed by atoms with Gasteiger partial charge in [-0.25, -0.2) is 4.39 Å². The molecular formula is C10H13ClFNO2. The van der Waals surface area contributed by atoms with Crippen molar-refractivity contribution in [3.05, 3.63) is 22.5 Å². The molecule has 0 radical (unpaired) electrons. The Balaban J connectivity index is 3.21. The Labute approximate surface area is 92.3 Å². The minimum Gasteiger partial charge on any atom is -0.506 e. The summed E-state index contributed by atoms with van der Waals surface area (Å²) >= 11 is 5.54. The number of nitrogens with two attached hydrogens (primary N) is 1. The van der Waals surface area contributed by atoms with Gasteiger partial charge in [-0.15, -0.1) is 0 Å². The lowest BCUT2D eigenvalue weighted by Gasteiger charge is -2.19. The fraction of sp³-hybridized carbons (Fsp3) is 0.400. The van der Waals surface area contributed by atoms with Gasteiger partial charge in [-0.05, 0) is 26.3 Å². The first-order valence-corrected chi connectivity index (χ1v) is 4.78. The van der Waals surface area contributed by atoms with Gasteiger partial charge in [0.25, 0.3) is 0 Å². The standard InChI is InChI=1S/C10H13ClFNO2/c1-10(2,13)4-5-3-6(12)9(15)7(11)8(5)14/h3,14-15H,4,13H2,1-2H3. The second-order valence-electron chi connectivity index (χ2n) is 4.19. The van der Waals surface area contributed by atoms with Crippen molar-refractivity contribution in [3.8, 4) is 11.5 Å². The Morgan fingerprint density at radius 1 is 1.40 bits per heavy atom. The maximum Gasteiger partial charge on any atom is 0.174 e. The van der Waals surface area contributed by atoms with Gasteiger partial charge in [0.2, 0.25) is 0 Å². The number of halogens is 2. The van der Waals surface area contributed by atoms with E-state index >= 15 is 0 Å². The average molecular weight is 234 g/mol. The fourth-order valence-electron chi connectivity index (χ4n) is 1.27. The highest BCUT2D eigenvalue weighted by Crippen LogP contribution is 2.38. The van der Waals surface area contributed by atoms with Crippen molar-refractivity contribution in [3.63, 3.8) is 0 Å². The van der Waals surface area contributed by atoms with Gasteiger partial charge < -0.3 is 15.9 Å². The van der Waals surface area contributed by atoms with E-state index in [1.54, 1.807) is 13.8 Å². The number of benzene rings is 1. The zero-order valence-electron chi connectivity index (χ0n) is 8.51. The smallest absolute Gasteiger partial charge is 0.174 e. The van der Waals surface area contributed by atoms with Crippen molar-refractivity contribution >= 4 is 11.6 Å². The number of hydrogen-bond donors (Lipinski definition) is 3. The third kappa shape index (κ3) is 2.73. The lowest BCUT2D eigenvalue weighted by Crippen LogP contribution is -2.34. The van der Waals surface area contributed by atoms with Crippen LogP contribution in [0.15, 0.2) is 6.07 Å². The molecule has 0 saturated heterocycles. The molecule has 84 valence electrons. The summed E-state index contributed by atoms with van der Waals surface area (Å²) < 4.78 is 13.1. The predicted molar refractivity (Wildman–Crippen MR) is 56.7 cm³/mol. The molecule has 0 atom stereocenters. The molecular weight excluding hydrogens is 221 g/mol. The van der Waals surface area contributed by atoms with Crippen LogP contribution < -0.4 is 5.73 Å². The quantitative estimate of drug-likeness (QED) is 0.734. The Kier molecular flexibility index (Phi) is 3.11. The summed E-state index contributed by atoms with van der Waals surface area (Å²) in [7, 11) is 0. The Bertz CT molecular complexity index is 388. The molecule has 0 heterocycles. The van der Waals surface area contributed by atoms with Gasteiger partial charge in [0.15, 0.2) is 11.6 Å². The molecule has 0 spiro atoms. The average Bonchev–Trinajstić information content (AvgIpc) is 2.08. The van der Waals surface area contributed by atoms with Gasteiger partial charge >= 0.3 is 0 Å². The van der Waals surface area contributed by atoms with E-state index in [0.717, 1.165) is 6.07 Å². The maximum absolute atomic E-state index is 13.1. The summed E-state index contributed by atoms with van der Waals surface area (Å²) in [6.45, 7) is 3.48. The minimum absolute atomic E-state index is 0.260. The van der Waals surface area contributed by atoms with Crippen molar-refractivity contribution in [2.45, 2.75) is 25.8 Å². The van der Waals surface area contributed by atoms with Crippen LogP contribution in [0, 0.1) is 5.82 Å². The molecule has 1 aromatic carbocycles. The molecule has 4 N–H and O–H groups in total. The molecule has 0 aromatic heterocycles. The molecule has 3 nitrogen and oxygen atoms in total. The topological polar surface area (TPSA) is 66.5 Å². The molecule has 5 heteroatoms. The third-order valence-electron chi connectivity index (χ3n) is 1.89. The first kappa shape index (κ1) is 12.1. The van der Waals surface area contributed by atoms with Crippen LogP contribution in [0.1, 0.15) is 19.4 Å². The van der Waals surface area contributed by atoms with E-state index < -0.39 is 17.1 Å². The van der Waals surface area contributed by atoms with Gasteiger partial charge in [-0.2, -0.15) is 0 Å². The predicted octanol–water partition coefficient (Wildman–Crippen LogP) is 2.17. The largest absolute Gasteiger partial charge is 0.506 e. The molecule has 1 rings (SSSR count). The van der Waals surface area contributed by atoms with E-state index in [2.05, 4.69) is 0 Å². The van der Waals surface area contributed by atoms with E-state index in [0.29, 0.717) is 0 Å². The van der Waals surface area contributed by atoms with Crippen LogP contribution in [0.25, 0.3) is 0 Å². The summed E-state index contributed by atoms with van der Waals surface area (Å²) in [5, 5.41) is 18.3. The second kappa shape index (κ2) is 3.87. The Morgan fingerprint density at radius 2 is 1.93 bits per heavy atom. The van der Waals surface area contributed by atoms with Crippen molar-refractivity contribution in [2.24, 2.45) is 5.73 Å². The highest BCUT2D eigenvalue weighted by molar-refractivity contribution is 6.33. The third-order valence-corrected chi connectivity index (χ3v) is 2.25. The van der Waals surface area contributed by atoms with Crippen molar-refractivity contribution in [1.82, 2.24) is 0 Å². The van der Waals surface area contributed by atoms with Gasteiger partial charge in [0.05, 0.1) is 0 Å². The molecule has 15 heavy (non-hydrogen) atoms. The molecule has 0 aliphatic carbocycles. The molecule has 0 saturated carbocycles. The monoisotopic (exact) mass is 233 g/mol. The summed E-state index contributed by atoms with van der Waals surface area (Å²) in [6, 6.07) is 1.03. The lowest BCUT2D eigenvalue weighted by molar-refractivity contribution is 0.411. The Morgan fingerprint density at radius 3 is 2.40 bits per heavy atom. The zero-order chi connectivity index (χ0) is 11.8. The fourth-order valence-corrected chi connectivity index (χ4v) is 1.48. The number of phenolic OH excluding ortho intramolecular Hbond substituents is 2. The molecule has 0 unspecified atom stereocenters. The van der Waals surface area contributed by atoms with E-state index in [1.165, 1.54) is 0 Å². The number of aromatic hydroxyl groups is 2. The molecule has 0 aliphatic rings. The van der Waals surface area contributed by atoms with Crippen LogP contribution in [0.2, 0.25) is 5.02 Å². The number of rotatable bonds is 2. The number of hydrogen-bond acceptors (Lipinski definition) is 3. The Hall–Kier alpha value is -1.00. The van der Waals surface area contributed by atoms with Crippen LogP contribution in [-0.2, 0) is 6.42 Å².